The van der Waals surface area contributed by atoms with Crippen molar-refractivity contribution in [1.29, 1.82) is 0 Å². The molecule has 2 aliphatic rings. The molecule has 0 radical (unpaired) electrons. The predicted octanol–water partition coefficient (Wildman–Crippen LogP) is 1.71. The minimum absolute atomic E-state index is 0.0592. The lowest BCUT2D eigenvalue weighted by Crippen LogP contribution is -2.42. The van der Waals surface area contributed by atoms with E-state index in [1.807, 2.05) is 24.1 Å². The van der Waals surface area contributed by atoms with Crippen LogP contribution in [-0.4, -0.2) is 62.1 Å². The maximum absolute atomic E-state index is 11.2. The Morgan fingerprint density at radius 3 is 2.81 bits per heavy atom. The van der Waals surface area contributed by atoms with Crippen molar-refractivity contribution in [2.75, 3.05) is 18.6 Å². The Morgan fingerprint density at radius 1 is 1.38 bits per heavy atom. The third kappa shape index (κ3) is 2.77. The van der Waals surface area contributed by atoms with E-state index in [2.05, 4.69) is 0 Å². The Bertz CT molecular complexity index is 593. The molecular formula is C14H16N2O3S2. The van der Waals surface area contributed by atoms with Crippen LogP contribution in [0.3, 0.4) is 0 Å². The van der Waals surface area contributed by atoms with Gasteiger partial charge in [-0.25, -0.2) is 0 Å². The van der Waals surface area contributed by atoms with E-state index < -0.39 is 12.0 Å². The van der Waals surface area contributed by atoms with E-state index in [1.165, 1.54) is 0 Å². The minimum Gasteiger partial charge on any atom is -0.507 e. The fraction of sp³-hybridized carbons (Fsp3) is 0.429. The molecule has 1 aromatic carbocycles. The maximum atomic E-state index is 11.2. The molecule has 3 rings (SSSR count). The van der Waals surface area contributed by atoms with E-state index in [9.17, 15) is 15.0 Å². The first-order valence-electron chi connectivity index (χ1n) is 6.63. The molecule has 112 valence electrons. The molecule has 21 heavy (non-hydrogen) atoms. The third-order valence-corrected chi connectivity index (χ3v) is 6.34. The van der Waals surface area contributed by atoms with Crippen molar-refractivity contribution in [2.24, 2.45) is 4.99 Å². The number of hydrogen-bond acceptors (Lipinski definition) is 6. The van der Waals surface area contributed by atoms with E-state index in [0.717, 1.165) is 16.4 Å². The number of aromatic hydroxyl groups is 1. The van der Waals surface area contributed by atoms with Crippen molar-refractivity contribution >= 4 is 34.5 Å². The van der Waals surface area contributed by atoms with Gasteiger partial charge in [0, 0.05) is 17.1 Å². The molecule has 2 heterocycles. The van der Waals surface area contributed by atoms with Crippen LogP contribution >= 0.6 is 23.5 Å². The number of likely N-dealkylation sites (N-methyl/N-ethyl adjacent to an activating group) is 1. The summed E-state index contributed by atoms with van der Waals surface area (Å²) in [5.41, 5.74) is 0.755. The Hall–Kier alpha value is -1.18. The van der Waals surface area contributed by atoms with Crippen LogP contribution in [0.2, 0.25) is 0 Å². The molecule has 1 fully saturated rings. The maximum Gasteiger partial charge on any atom is 0.321 e. The third-order valence-electron chi connectivity index (χ3n) is 3.74. The molecular weight excluding hydrogens is 308 g/mol. The summed E-state index contributed by atoms with van der Waals surface area (Å²) in [4.78, 5) is 17.8. The van der Waals surface area contributed by atoms with Crippen LogP contribution in [0, 0.1) is 0 Å². The predicted molar refractivity (Wildman–Crippen MR) is 86.3 cm³/mol. The van der Waals surface area contributed by atoms with Crippen LogP contribution in [0.15, 0.2) is 29.3 Å². The summed E-state index contributed by atoms with van der Waals surface area (Å²) in [5, 5.41) is 20.0. The van der Waals surface area contributed by atoms with Crippen molar-refractivity contribution in [3.63, 3.8) is 0 Å². The van der Waals surface area contributed by atoms with Gasteiger partial charge in [-0.2, -0.15) is 0 Å². The van der Waals surface area contributed by atoms with Gasteiger partial charge >= 0.3 is 5.97 Å². The quantitative estimate of drug-likeness (QED) is 0.882. The number of nitrogens with zero attached hydrogens (tertiary/aromatic N) is 2. The van der Waals surface area contributed by atoms with Crippen LogP contribution in [0.1, 0.15) is 5.56 Å². The topological polar surface area (TPSA) is 73.1 Å². The number of phenolic OH excluding ortho intramolecular Hbond substituents is 1. The number of benzene rings is 1. The summed E-state index contributed by atoms with van der Waals surface area (Å²) in [6.07, 6.45) is 0. The van der Waals surface area contributed by atoms with Gasteiger partial charge in [0.2, 0.25) is 0 Å². The lowest BCUT2D eigenvalue weighted by Gasteiger charge is -2.24. The van der Waals surface area contributed by atoms with Crippen molar-refractivity contribution < 1.29 is 15.0 Å². The summed E-state index contributed by atoms with van der Waals surface area (Å²) in [5.74, 6) is 0.875. The summed E-state index contributed by atoms with van der Waals surface area (Å²) < 4.78 is 0. The Labute approximate surface area is 131 Å². The highest BCUT2D eigenvalue weighted by Crippen LogP contribution is 2.37. The first-order valence-corrected chi connectivity index (χ1v) is 8.66. The SMILES string of the molecule is CN1C(C2CSC(c3ccccc3O)=N2)SC[C@@H]1C(=O)O. The van der Waals surface area contributed by atoms with E-state index in [-0.39, 0.29) is 17.2 Å². The van der Waals surface area contributed by atoms with E-state index in [1.54, 1.807) is 35.7 Å². The van der Waals surface area contributed by atoms with Crippen LogP contribution in [-0.2, 0) is 4.79 Å². The van der Waals surface area contributed by atoms with E-state index >= 15 is 0 Å². The van der Waals surface area contributed by atoms with Gasteiger partial charge in [-0.3, -0.25) is 14.7 Å². The Balaban J connectivity index is 1.78. The van der Waals surface area contributed by atoms with Gasteiger partial charge in [0.05, 0.1) is 11.4 Å². The molecule has 2 N–H and O–H groups in total. The second-order valence-corrected chi connectivity index (χ2v) is 7.23. The first-order chi connectivity index (χ1) is 10.1. The summed E-state index contributed by atoms with van der Waals surface area (Å²) in [6, 6.07) is 6.80. The zero-order valence-corrected chi connectivity index (χ0v) is 13.1. The minimum atomic E-state index is -0.775. The highest BCUT2D eigenvalue weighted by atomic mass is 32.2. The molecule has 0 saturated carbocycles. The van der Waals surface area contributed by atoms with E-state index in [0.29, 0.717) is 5.75 Å². The molecule has 0 aliphatic carbocycles. The van der Waals surface area contributed by atoms with Crippen molar-refractivity contribution in [3.8, 4) is 5.75 Å². The lowest BCUT2D eigenvalue weighted by atomic mass is 10.2. The zero-order chi connectivity index (χ0) is 15.0. The molecule has 1 saturated heterocycles. The average Bonchev–Trinajstić information content (AvgIpc) is 3.05. The number of aliphatic carboxylic acids is 1. The first kappa shape index (κ1) is 14.7. The van der Waals surface area contributed by atoms with Crippen LogP contribution < -0.4 is 0 Å². The largest absolute Gasteiger partial charge is 0.507 e. The number of para-hydroxylation sites is 1. The summed E-state index contributed by atoms with van der Waals surface area (Å²) >= 11 is 3.27. The summed E-state index contributed by atoms with van der Waals surface area (Å²) in [7, 11) is 1.85. The number of carbonyl (C=O) groups is 1. The van der Waals surface area contributed by atoms with Gasteiger partial charge in [0.1, 0.15) is 16.8 Å². The molecule has 2 unspecified atom stereocenters. The Kier molecular flexibility index (Phi) is 4.14. The average molecular weight is 324 g/mol. The number of aliphatic imine (C=N–C) groups is 1. The Morgan fingerprint density at radius 2 is 2.14 bits per heavy atom. The molecule has 0 amide bonds. The fourth-order valence-electron chi connectivity index (χ4n) is 2.57. The number of carboxylic acids is 1. The molecule has 0 spiro atoms. The number of thioether (sulfide) groups is 2. The van der Waals surface area contributed by atoms with Crippen molar-refractivity contribution in [2.45, 2.75) is 17.5 Å². The fourth-order valence-corrected chi connectivity index (χ4v) is 5.33. The van der Waals surface area contributed by atoms with Gasteiger partial charge in [-0.05, 0) is 19.2 Å². The van der Waals surface area contributed by atoms with Crippen molar-refractivity contribution in [1.82, 2.24) is 4.90 Å². The van der Waals surface area contributed by atoms with Crippen molar-refractivity contribution in [3.05, 3.63) is 29.8 Å². The smallest absolute Gasteiger partial charge is 0.321 e. The molecule has 0 aromatic heterocycles. The molecule has 7 heteroatoms. The van der Waals surface area contributed by atoms with Gasteiger partial charge in [-0.1, -0.05) is 12.1 Å². The highest BCUT2D eigenvalue weighted by molar-refractivity contribution is 8.14. The molecule has 5 nitrogen and oxygen atoms in total. The van der Waals surface area contributed by atoms with Gasteiger partial charge in [-0.15, -0.1) is 23.5 Å². The number of carboxylic acid groups (broad SMARTS) is 1. The molecule has 1 aromatic rings. The van der Waals surface area contributed by atoms with Crippen LogP contribution in [0.5, 0.6) is 5.75 Å². The number of phenols is 1. The van der Waals surface area contributed by atoms with Gasteiger partial charge < -0.3 is 10.2 Å². The number of hydrogen-bond donors (Lipinski definition) is 2. The second-order valence-electron chi connectivity index (χ2n) is 5.07. The van der Waals surface area contributed by atoms with Gasteiger partial charge in [0.25, 0.3) is 0 Å². The van der Waals surface area contributed by atoms with Gasteiger partial charge in [0.15, 0.2) is 0 Å². The van der Waals surface area contributed by atoms with Crippen LogP contribution in [0.4, 0.5) is 0 Å². The zero-order valence-electron chi connectivity index (χ0n) is 11.5. The highest BCUT2D eigenvalue weighted by Gasteiger charge is 2.41. The normalized spacial score (nSPS) is 29.6. The molecule has 2 aliphatic heterocycles. The standard InChI is InChI=1S/C14H16N2O3S2/c1-16-10(14(18)19)7-21-13(16)9-6-20-12(15-9)8-4-2-3-5-11(8)17/h2-5,9-10,13,17H,6-7H2,1H3,(H,18,19)/t9?,10-,13?/m1/s1. The van der Waals surface area contributed by atoms with E-state index in [4.69, 9.17) is 4.99 Å². The second kappa shape index (κ2) is 5.90. The monoisotopic (exact) mass is 324 g/mol. The van der Waals surface area contributed by atoms with Crippen LogP contribution in [0.25, 0.3) is 0 Å². The number of rotatable bonds is 3. The summed E-state index contributed by atoms with van der Waals surface area (Å²) in [6.45, 7) is 0. The molecule has 3 atom stereocenters. The molecule has 0 bridgehead atoms. The lowest BCUT2D eigenvalue weighted by molar-refractivity contribution is -0.141.